The number of benzene rings is 2. The zero-order valence-corrected chi connectivity index (χ0v) is 18.4. The smallest absolute Gasteiger partial charge is 0.338 e. The molecule has 2 rings (SSSR count). The molecule has 0 bridgehead atoms. The van der Waals surface area contributed by atoms with Crippen LogP contribution in [0, 0.1) is 6.92 Å². The molecule has 0 aliphatic carbocycles. The number of methoxy groups -OCH3 is 1. The average molecular weight is 435 g/mol. The second kappa shape index (κ2) is 9.62. The Morgan fingerprint density at radius 3 is 2.20 bits per heavy atom. The highest BCUT2D eigenvalue weighted by atomic mass is 32.2. The second-order valence-electron chi connectivity index (χ2n) is 7.05. The van der Waals surface area contributed by atoms with Gasteiger partial charge >= 0.3 is 5.97 Å². The topological polar surface area (TPSA) is 111 Å². The summed E-state index contributed by atoms with van der Waals surface area (Å²) in [5.41, 5.74) is 1.33. The number of sulfonamides is 1. The standard InChI is InChI=1S/C21H26N2O6S/c1-13(2)22-20(24)15(4)29-21(25)16-8-11-18(28-5)19(12-16)30(26,27)23-17-9-6-14(3)7-10-17/h6-13,15,23H,1-5H3,(H,22,24). The van der Waals surface area contributed by atoms with Gasteiger partial charge in [-0.25, -0.2) is 13.2 Å². The summed E-state index contributed by atoms with van der Waals surface area (Å²) >= 11 is 0. The van der Waals surface area contributed by atoms with Crippen LogP contribution in [0.5, 0.6) is 5.75 Å². The summed E-state index contributed by atoms with van der Waals surface area (Å²) < 4.78 is 38.5. The fraction of sp³-hybridized carbons (Fsp3) is 0.333. The first-order valence-electron chi connectivity index (χ1n) is 9.32. The zero-order valence-electron chi connectivity index (χ0n) is 17.6. The van der Waals surface area contributed by atoms with Crippen LogP contribution in [0.3, 0.4) is 0 Å². The molecule has 30 heavy (non-hydrogen) atoms. The lowest BCUT2D eigenvalue weighted by Gasteiger charge is -2.16. The molecular formula is C21H26N2O6S. The molecule has 9 heteroatoms. The Bertz CT molecular complexity index is 1020. The monoisotopic (exact) mass is 434 g/mol. The van der Waals surface area contributed by atoms with Crippen molar-refractivity contribution in [1.29, 1.82) is 0 Å². The van der Waals surface area contributed by atoms with Crippen LogP contribution in [0.1, 0.15) is 36.7 Å². The van der Waals surface area contributed by atoms with Gasteiger partial charge in [0.15, 0.2) is 6.10 Å². The van der Waals surface area contributed by atoms with E-state index >= 15 is 0 Å². The van der Waals surface area contributed by atoms with Crippen molar-refractivity contribution in [2.45, 2.75) is 44.7 Å². The first-order valence-corrected chi connectivity index (χ1v) is 10.8. The molecule has 162 valence electrons. The molecule has 1 atom stereocenters. The minimum absolute atomic E-state index is 0.0238. The molecule has 0 heterocycles. The summed E-state index contributed by atoms with van der Waals surface area (Å²) in [7, 11) is -2.72. The van der Waals surface area contributed by atoms with E-state index in [1.165, 1.54) is 26.2 Å². The Hall–Kier alpha value is -3.07. The van der Waals surface area contributed by atoms with E-state index in [2.05, 4.69) is 10.0 Å². The van der Waals surface area contributed by atoms with E-state index in [1.807, 2.05) is 6.92 Å². The summed E-state index contributed by atoms with van der Waals surface area (Å²) in [4.78, 5) is 24.2. The van der Waals surface area contributed by atoms with Crippen molar-refractivity contribution in [3.05, 3.63) is 53.6 Å². The van der Waals surface area contributed by atoms with Gasteiger partial charge in [0.1, 0.15) is 10.6 Å². The maximum absolute atomic E-state index is 12.9. The predicted molar refractivity (Wildman–Crippen MR) is 113 cm³/mol. The molecule has 1 unspecified atom stereocenters. The van der Waals surface area contributed by atoms with Gasteiger partial charge in [-0.2, -0.15) is 0 Å². The molecule has 8 nitrogen and oxygen atoms in total. The van der Waals surface area contributed by atoms with Gasteiger partial charge in [0, 0.05) is 11.7 Å². The molecule has 2 N–H and O–H groups in total. The van der Waals surface area contributed by atoms with E-state index in [-0.39, 0.29) is 22.3 Å². The molecular weight excluding hydrogens is 408 g/mol. The lowest BCUT2D eigenvalue weighted by atomic mass is 10.2. The largest absolute Gasteiger partial charge is 0.495 e. The minimum Gasteiger partial charge on any atom is -0.495 e. The summed E-state index contributed by atoms with van der Waals surface area (Å²) in [6, 6.07) is 10.6. The molecule has 0 radical (unpaired) electrons. The highest BCUT2D eigenvalue weighted by Gasteiger charge is 2.24. The number of amides is 1. The normalized spacial score (nSPS) is 12.2. The summed E-state index contributed by atoms with van der Waals surface area (Å²) in [6.07, 6.45) is -1.03. The van der Waals surface area contributed by atoms with Crippen molar-refractivity contribution in [1.82, 2.24) is 5.32 Å². The Morgan fingerprint density at radius 1 is 1.00 bits per heavy atom. The fourth-order valence-electron chi connectivity index (χ4n) is 2.53. The number of carbonyl (C=O) groups is 2. The number of rotatable bonds is 8. The van der Waals surface area contributed by atoms with E-state index < -0.39 is 28.0 Å². The van der Waals surface area contributed by atoms with Gasteiger partial charge in [-0.3, -0.25) is 9.52 Å². The first kappa shape index (κ1) is 23.2. The molecule has 0 fully saturated rings. The minimum atomic E-state index is -4.05. The van der Waals surface area contributed by atoms with Gasteiger partial charge in [-0.15, -0.1) is 0 Å². The number of nitrogens with one attached hydrogen (secondary N) is 2. The van der Waals surface area contributed by atoms with Gasteiger partial charge in [0.25, 0.3) is 15.9 Å². The lowest BCUT2D eigenvalue weighted by Crippen LogP contribution is -2.39. The van der Waals surface area contributed by atoms with Gasteiger partial charge in [-0.1, -0.05) is 17.7 Å². The number of aryl methyl sites for hydroxylation is 1. The van der Waals surface area contributed by atoms with Crippen LogP contribution in [0.25, 0.3) is 0 Å². The van der Waals surface area contributed by atoms with E-state index in [0.29, 0.717) is 5.69 Å². The fourth-order valence-corrected chi connectivity index (χ4v) is 3.78. The SMILES string of the molecule is COc1ccc(C(=O)OC(C)C(=O)NC(C)C)cc1S(=O)(=O)Nc1ccc(C)cc1. The Morgan fingerprint density at radius 2 is 1.63 bits per heavy atom. The molecule has 0 aliphatic heterocycles. The van der Waals surface area contributed by atoms with Crippen LogP contribution in [0.15, 0.2) is 47.4 Å². The number of hydrogen-bond donors (Lipinski definition) is 2. The van der Waals surface area contributed by atoms with Crippen LogP contribution in [0.4, 0.5) is 5.69 Å². The zero-order chi connectivity index (χ0) is 22.5. The highest BCUT2D eigenvalue weighted by Crippen LogP contribution is 2.27. The first-order chi connectivity index (χ1) is 14.0. The van der Waals surface area contributed by atoms with E-state index in [9.17, 15) is 18.0 Å². The van der Waals surface area contributed by atoms with Crippen LogP contribution in [-0.2, 0) is 19.6 Å². The molecule has 0 spiro atoms. The van der Waals surface area contributed by atoms with Crippen LogP contribution in [-0.4, -0.2) is 39.5 Å². The van der Waals surface area contributed by atoms with Crippen LogP contribution in [0.2, 0.25) is 0 Å². The van der Waals surface area contributed by atoms with Crippen molar-refractivity contribution in [3.63, 3.8) is 0 Å². The molecule has 2 aromatic carbocycles. The Kier molecular flexibility index (Phi) is 7.44. The van der Waals surface area contributed by atoms with Crippen molar-refractivity contribution in [3.8, 4) is 5.75 Å². The number of anilines is 1. The third kappa shape index (κ3) is 5.96. The molecule has 0 saturated heterocycles. The Labute approximate surface area is 176 Å². The van der Waals surface area contributed by atoms with Gasteiger partial charge in [-0.05, 0) is 58.0 Å². The van der Waals surface area contributed by atoms with Crippen molar-refractivity contribution in [2.24, 2.45) is 0 Å². The number of ether oxygens (including phenoxy) is 2. The number of carbonyl (C=O) groups excluding carboxylic acids is 2. The van der Waals surface area contributed by atoms with E-state index in [4.69, 9.17) is 9.47 Å². The van der Waals surface area contributed by atoms with Crippen molar-refractivity contribution < 1.29 is 27.5 Å². The average Bonchev–Trinajstić information content (AvgIpc) is 2.68. The molecule has 0 aromatic heterocycles. The molecule has 2 aromatic rings. The van der Waals surface area contributed by atoms with Gasteiger partial charge in [0.05, 0.1) is 12.7 Å². The quantitative estimate of drug-likeness (QED) is 0.618. The highest BCUT2D eigenvalue weighted by molar-refractivity contribution is 7.92. The predicted octanol–water partition coefficient (Wildman–Crippen LogP) is 2.87. The summed E-state index contributed by atoms with van der Waals surface area (Å²) in [5.74, 6) is -1.20. The maximum Gasteiger partial charge on any atom is 0.338 e. The lowest BCUT2D eigenvalue weighted by molar-refractivity contribution is -0.129. The third-order valence-electron chi connectivity index (χ3n) is 4.08. The maximum atomic E-state index is 12.9. The third-order valence-corrected chi connectivity index (χ3v) is 5.48. The summed E-state index contributed by atoms with van der Waals surface area (Å²) in [5, 5.41) is 2.64. The van der Waals surface area contributed by atoms with Crippen LogP contribution >= 0.6 is 0 Å². The van der Waals surface area contributed by atoms with Crippen molar-refractivity contribution in [2.75, 3.05) is 11.8 Å². The Balaban J connectivity index is 2.28. The number of esters is 1. The summed E-state index contributed by atoms with van der Waals surface area (Å²) in [6.45, 7) is 6.90. The van der Waals surface area contributed by atoms with Gasteiger partial charge in [0.2, 0.25) is 0 Å². The molecule has 0 saturated carbocycles. The van der Waals surface area contributed by atoms with E-state index in [1.54, 1.807) is 38.1 Å². The molecule has 1 amide bonds. The van der Waals surface area contributed by atoms with Crippen LogP contribution < -0.4 is 14.8 Å². The second-order valence-corrected chi connectivity index (χ2v) is 8.70. The number of hydrogen-bond acceptors (Lipinski definition) is 6. The van der Waals surface area contributed by atoms with Gasteiger partial charge < -0.3 is 14.8 Å². The van der Waals surface area contributed by atoms with E-state index in [0.717, 1.165) is 11.6 Å². The van der Waals surface area contributed by atoms with Crippen molar-refractivity contribution >= 4 is 27.6 Å². The molecule has 0 aliphatic rings.